The molecular weight excluding hydrogens is 474 g/mol. The molecule has 11 nitrogen and oxygen atoms in total. The molecular formula is C26H19N7O4. The Morgan fingerprint density at radius 2 is 1.81 bits per heavy atom. The molecule has 1 amide bonds. The number of hydrogen-bond acceptors (Lipinski definition) is 9. The number of phenols is 1. The molecule has 0 aliphatic heterocycles. The number of aromatic nitrogens is 4. The van der Waals surface area contributed by atoms with Crippen LogP contribution in [0.2, 0.25) is 0 Å². The maximum absolute atomic E-state index is 13.2. The Hall–Kier alpha value is -5.45. The van der Waals surface area contributed by atoms with Gasteiger partial charge in [0, 0.05) is 17.8 Å². The molecule has 3 aromatic carbocycles. The summed E-state index contributed by atoms with van der Waals surface area (Å²) < 4.78 is 6.55. The van der Waals surface area contributed by atoms with Gasteiger partial charge in [0.1, 0.15) is 11.4 Å². The maximum atomic E-state index is 13.2. The number of nitrogens with zero attached hydrogens (tertiary/aromatic N) is 6. The summed E-state index contributed by atoms with van der Waals surface area (Å²) in [6.07, 6.45) is 4.94. The third-order valence-electron chi connectivity index (χ3n) is 5.48. The number of rotatable bonds is 7. The first-order valence-electron chi connectivity index (χ1n) is 11.0. The van der Waals surface area contributed by atoms with Crippen molar-refractivity contribution in [1.29, 1.82) is 0 Å². The quantitative estimate of drug-likeness (QED) is 0.239. The molecule has 0 saturated carbocycles. The number of nitrogens with one attached hydrogen (secondary N) is 1. The van der Waals surface area contributed by atoms with Crippen molar-refractivity contribution in [2.24, 2.45) is 10.2 Å². The molecule has 2 heterocycles. The van der Waals surface area contributed by atoms with Crippen molar-refractivity contribution >= 4 is 40.2 Å². The summed E-state index contributed by atoms with van der Waals surface area (Å²) in [6, 6.07) is 17.2. The highest BCUT2D eigenvalue weighted by molar-refractivity contribution is 6.12. The highest BCUT2D eigenvalue weighted by Crippen LogP contribution is 2.40. The van der Waals surface area contributed by atoms with Crippen LogP contribution in [0.4, 0.5) is 17.2 Å². The monoisotopic (exact) mass is 493 g/mol. The number of phenolic OH excluding ortho intramolecular Hbond substituents is 1. The summed E-state index contributed by atoms with van der Waals surface area (Å²) in [4.78, 5) is 33.1. The van der Waals surface area contributed by atoms with Crippen molar-refractivity contribution < 1.29 is 19.4 Å². The maximum Gasteiger partial charge on any atom is 0.259 e. The molecule has 0 saturated heterocycles. The fraction of sp³-hybridized carbons (Fsp3) is 0.0385. The molecule has 0 radical (unpaired) electrons. The fourth-order valence-electron chi connectivity index (χ4n) is 3.71. The zero-order chi connectivity index (χ0) is 25.8. The van der Waals surface area contributed by atoms with Gasteiger partial charge in [-0.15, -0.1) is 10.2 Å². The van der Waals surface area contributed by atoms with Gasteiger partial charge in [0.25, 0.3) is 11.9 Å². The molecule has 0 atom stereocenters. The van der Waals surface area contributed by atoms with Gasteiger partial charge in [0.15, 0.2) is 17.9 Å². The molecule has 0 fully saturated rings. The first-order valence-corrected chi connectivity index (χ1v) is 11.0. The number of carbonyl (C=O) groups is 2. The van der Waals surface area contributed by atoms with E-state index in [1.807, 2.05) is 0 Å². The first-order chi connectivity index (χ1) is 18.1. The Kier molecular flexibility index (Phi) is 6.32. The number of benzene rings is 3. The number of para-hydroxylation sites is 2. The van der Waals surface area contributed by atoms with Gasteiger partial charge in [0.2, 0.25) is 0 Å². The minimum atomic E-state index is -0.569. The second kappa shape index (κ2) is 10.0. The molecule has 0 aliphatic carbocycles. The number of anilines is 1. The van der Waals surface area contributed by atoms with Crippen LogP contribution in [-0.2, 0) is 0 Å². The summed E-state index contributed by atoms with van der Waals surface area (Å²) in [7, 11) is 1.50. The van der Waals surface area contributed by atoms with Gasteiger partial charge in [-0.25, -0.2) is 9.97 Å². The number of methoxy groups -OCH3 is 1. The predicted octanol–water partition coefficient (Wildman–Crippen LogP) is 5.01. The van der Waals surface area contributed by atoms with Crippen LogP contribution in [0.5, 0.6) is 11.5 Å². The summed E-state index contributed by atoms with van der Waals surface area (Å²) >= 11 is 0. The summed E-state index contributed by atoms with van der Waals surface area (Å²) in [5.41, 5.74) is 0.606. The lowest BCUT2D eigenvalue weighted by molar-refractivity contribution is 0.102. The van der Waals surface area contributed by atoms with E-state index >= 15 is 0 Å². The average molecular weight is 493 g/mol. The van der Waals surface area contributed by atoms with Gasteiger partial charge < -0.3 is 15.2 Å². The zero-order valence-corrected chi connectivity index (χ0v) is 19.4. The van der Waals surface area contributed by atoms with Gasteiger partial charge in [-0.1, -0.05) is 36.4 Å². The van der Waals surface area contributed by atoms with E-state index in [1.165, 1.54) is 30.4 Å². The van der Waals surface area contributed by atoms with Crippen molar-refractivity contribution in [1.82, 2.24) is 19.7 Å². The van der Waals surface area contributed by atoms with Gasteiger partial charge in [-0.05, 0) is 29.7 Å². The number of fused-ring (bicyclic) bond motifs is 1. The number of aromatic hydroxyl groups is 1. The Balaban J connectivity index is 1.60. The van der Waals surface area contributed by atoms with Crippen LogP contribution in [0.1, 0.15) is 20.7 Å². The van der Waals surface area contributed by atoms with E-state index in [0.29, 0.717) is 28.5 Å². The fourth-order valence-corrected chi connectivity index (χ4v) is 3.71. The van der Waals surface area contributed by atoms with E-state index in [9.17, 15) is 14.7 Å². The number of aldehydes is 1. The molecule has 5 rings (SSSR count). The van der Waals surface area contributed by atoms with Crippen molar-refractivity contribution in [2.75, 3.05) is 12.4 Å². The topological polar surface area (TPSA) is 144 Å². The second-order valence-electron chi connectivity index (χ2n) is 7.70. The summed E-state index contributed by atoms with van der Waals surface area (Å²) in [5, 5.41) is 27.7. The van der Waals surface area contributed by atoms with Crippen LogP contribution in [-0.4, -0.2) is 44.2 Å². The standard InChI is InChI=1S/C26H19N7O4/c1-37-21-10-5-4-9-20(21)30-25(36)19-13-16-7-2-3-8-18(16)22(23(19)35)31-32-24-17(15-34)14-29-33(24)26-27-11-6-12-28-26/h2-15,35H,1H3,(H,30,36)/b32-31+. The molecule has 5 aromatic rings. The minimum absolute atomic E-state index is 0.0194. The van der Waals surface area contributed by atoms with Gasteiger partial charge in [-0.2, -0.15) is 9.78 Å². The molecule has 2 N–H and O–H groups in total. The van der Waals surface area contributed by atoms with Crippen molar-refractivity contribution in [3.63, 3.8) is 0 Å². The molecule has 37 heavy (non-hydrogen) atoms. The lowest BCUT2D eigenvalue weighted by Gasteiger charge is -2.13. The number of carbonyl (C=O) groups excluding carboxylic acids is 2. The lowest BCUT2D eigenvalue weighted by atomic mass is 10.0. The average Bonchev–Trinajstić information content (AvgIpc) is 3.36. The van der Waals surface area contributed by atoms with Crippen LogP contribution >= 0.6 is 0 Å². The predicted molar refractivity (Wildman–Crippen MR) is 135 cm³/mol. The van der Waals surface area contributed by atoms with Crippen LogP contribution < -0.4 is 10.1 Å². The Morgan fingerprint density at radius 1 is 1.05 bits per heavy atom. The molecule has 182 valence electrons. The number of ether oxygens (including phenoxy) is 1. The minimum Gasteiger partial charge on any atom is -0.505 e. The third-order valence-corrected chi connectivity index (χ3v) is 5.48. The highest BCUT2D eigenvalue weighted by Gasteiger charge is 2.20. The zero-order valence-electron chi connectivity index (χ0n) is 19.4. The molecule has 0 bridgehead atoms. The summed E-state index contributed by atoms with van der Waals surface area (Å²) in [6.45, 7) is 0. The third kappa shape index (κ3) is 4.48. The number of amides is 1. The van der Waals surface area contributed by atoms with Crippen molar-refractivity contribution in [3.8, 4) is 17.4 Å². The molecule has 0 unspecified atom stereocenters. The van der Waals surface area contributed by atoms with Gasteiger partial charge >= 0.3 is 0 Å². The van der Waals surface area contributed by atoms with Gasteiger partial charge in [-0.3, -0.25) is 9.59 Å². The van der Waals surface area contributed by atoms with Gasteiger partial charge in [0.05, 0.1) is 30.1 Å². The smallest absolute Gasteiger partial charge is 0.259 e. The lowest BCUT2D eigenvalue weighted by Crippen LogP contribution is -2.13. The van der Waals surface area contributed by atoms with E-state index in [2.05, 4.69) is 30.6 Å². The van der Waals surface area contributed by atoms with E-state index in [-0.39, 0.29) is 34.3 Å². The van der Waals surface area contributed by atoms with Crippen molar-refractivity contribution in [3.05, 3.63) is 90.4 Å². The largest absolute Gasteiger partial charge is 0.505 e. The Labute approximate surface area is 210 Å². The van der Waals surface area contributed by atoms with Crippen LogP contribution in [0, 0.1) is 0 Å². The van der Waals surface area contributed by atoms with E-state index in [0.717, 1.165) is 0 Å². The molecule has 11 heteroatoms. The molecule has 0 aliphatic rings. The number of hydrogen-bond donors (Lipinski definition) is 2. The van der Waals surface area contributed by atoms with Crippen molar-refractivity contribution in [2.45, 2.75) is 0 Å². The van der Waals surface area contributed by atoms with Crippen LogP contribution in [0.15, 0.2) is 89.5 Å². The molecule has 2 aromatic heterocycles. The highest BCUT2D eigenvalue weighted by atomic mass is 16.5. The normalized spacial score (nSPS) is 11.1. The van der Waals surface area contributed by atoms with E-state index < -0.39 is 5.91 Å². The Bertz CT molecular complexity index is 1650. The SMILES string of the molecule is COc1ccccc1NC(=O)c1cc2ccccc2c(/N=N/c2c(C=O)cnn2-c2ncccn2)c1O. The second-order valence-corrected chi connectivity index (χ2v) is 7.70. The number of azo groups is 1. The summed E-state index contributed by atoms with van der Waals surface area (Å²) in [5.74, 6) is -0.240. The van der Waals surface area contributed by atoms with Crippen LogP contribution in [0.25, 0.3) is 16.7 Å². The van der Waals surface area contributed by atoms with E-state index in [1.54, 1.807) is 60.7 Å². The molecule has 0 spiro atoms. The Morgan fingerprint density at radius 3 is 2.59 bits per heavy atom. The van der Waals surface area contributed by atoms with E-state index in [4.69, 9.17) is 4.74 Å². The van der Waals surface area contributed by atoms with Crippen LogP contribution in [0.3, 0.4) is 0 Å². The first kappa shape index (κ1) is 23.3.